The fraction of sp³-hybridized carbons (Fsp3) is 0.136. The van der Waals surface area contributed by atoms with Gasteiger partial charge in [0, 0.05) is 42.3 Å². The zero-order valence-corrected chi connectivity index (χ0v) is 17.0. The molecule has 31 heavy (non-hydrogen) atoms. The Morgan fingerprint density at radius 3 is 2.42 bits per heavy atom. The second-order valence-electron chi connectivity index (χ2n) is 7.23. The maximum absolute atomic E-state index is 13.0. The van der Waals surface area contributed by atoms with Crippen molar-refractivity contribution in [2.75, 3.05) is 0 Å². The third-order valence-electron chi connectivity index (χ3n) is 5.20. The predicted molar refractivity (Wildman–Crippen MR) is 113 cm³/mol. The van der Waals surface area contributed by atoms with Crippen molar-refractivity contribution in [3.63, 3.8) is 0 Å². The third-order valence-corrected chi connectivity index (χ3v) is 5.38. The highest BCUT2D eigenvalue weighted by Gasteiger charge is 2.34. The molecule has 0 unspecified atom stereocenters. The monoisotopic (exact) mass is 441 g/mol. The van der Waals surface area contributed by atoms with Crippen molar-refractivity contribution in [3.05, 3.63) is 77.5 Å². The minimum Gasteiger partial charge on any atom is -0.333 e. The summed E-state index contributed by atoms with van der Waals surface area (Å²) in [7, 11) is 1.55. The Bertz CT molecular complexity index is 1420. The van der Waals surface area contributed by atoms with Crippen LogP contribution in [0.2, 0.25) is 5.28 Å². The van der Waals surface area contributed by atoms with Crippen LogP contribution in [0.25, 0.3) is 33.3 Å². The molecule has 0 bridgehead atoms. The van der Waals surface area contributed by atoms with Crippen molar-refractivity contribution >= 4 is 33.5 Å². The minimum absolute atomic E-state index is 0.169. The highest BCUT2D eigenvalue weighted by atomic mass is 35.5. The maximum Gasteiger partial charge on any atom is 0.434 e. The average Bonchev–Trinajstić information content (AvgIpc) is 3.27. The average molecular weight is 442 g/mol. The van der Waals surface area contributed by atoms with Gasteiger partial charge in [-0.05, 0) is 23.2 Å². The molecule has 2 aromatic carbocycles. The molecule has 0 aliphatic rings. The predicted octanol–water partition coefficient (Wildman–Crippen LogP) is 5.71. The molecule has 3 aromatic heterocycles. The molecule has 5 aromatic rings. The van der Waals surface area contributed by atoms with Crippen LogP contribution in [0.3, 0.4) is 0 Å². The summed E-state index contributed by atoms with van der Waals surface area (Å²) in [6.07, 6.45) is -1.77. The van der Waals surface area contributed by atoms with Gasteiger partial charge in [0.15, 0.2) is 5.69 Å². The molecular weight excluding hydrogens is 427 g/mol. The topological polar surface area (TPSA) is 48.5 Å². The van der Waals surface area contributed by atoms with Crippen molar-refractivity contribution in [3.8, 4) is 11.4 Å². The van der Waals surface area contributed by atoms with E-state index in [1.807, 2.05) is 36.4 Å². The molecule has 5 rings (SSSR count). The number of halogens is 4. The van der Waals surface area contributed by atoms with Crippen molar-refractivity contribution in [1.82, 2.24) is 24.1 Å². The van der Waals surface area contributed by atoms with Gasteiger partial charge in [-0.15, -0.1) is 0 Å². The van der Waals surface area contributed by atoms with Gasteiger partial charge in [-0.3, -0.25) is 0 Å². The van der Waals surface area contributed by atoms with Gasteiger partial charge < -0.3 is 9.13 Å². The molecule has 0 saturated carbocycles. The smallest absolute Gasteiger partial charge is 0.333 e. The molecule has 9 heteroatoms. The van der Waals surface area contributed by atoms with Crippen LogP contribution < -0.4 is 0 Å². The lowest BCUT2D eigenvalue weighted by Crippen LogP contribution is -2.04. The van der Waals surface area contributed by atoms with Gasteiger partial charge in [-0.1, -0.05) is 42.5 Å². The van der Waals surface area contributed by atoms with Crippen LogP contribution in [0, 0.1) is 0 Å². The number of rotatable bonds is 3. The Labute approximate surface area is 179 Å². The molecule has 0 atom stereocenters. The summed E-state index contributed by atoms with van der Waals surface area (Å²) in [5, 5.41) is 2.10. The normalized spacial score (nSPS) is 12.2. The summed E-state index contributed by atoms with van der Waals surface area (Å²) >= 11 is 6.03. The highest BCUT2D eigenvalue weighted by molar-refractivity contribution is 6.28. The summed E-state index contributed by atoms with van der Waals surface area (Å²) in [5.74, 6) is 0.260. The van der Waals surface area contributed by atoms with Crippen LogP contribution in [-0.4, -0.2) is 24.1 Å². The van der Waals surface area contributed by atoms with Crippen LogP contribution >= 0.6 is 11.6 Å². The van der Waals surface area contributed by atoms with E-state index in [0.717, 1.165) is 33.7 Å². The SMILES string of the molecule is Cn1cc(C(F)(F)F)nc1-c1ccc(Cn2c3ccccc3c3cnc(Cl)nc32)cc1. The fourth-order valence-electron chi connectivity index (χ4n) is 3.77. The summed E-state index contributed by atoms with van der Waals surface area (Å²) in [5.41, 5.74) is 2.39. The summed E-state index contributed by atoms with van der Waals surface area (Å²) < 4.78 is 42.3. The zero-order chi connectivity index (χ0) is 21.8. The van der Waals surface area contributed by atoms with Crippen molar-refractivity contribution < 1.29 is 13.2 Å². The molecule has 0 N–H and O–H groups in total. The Morgan fingerprint density at radius 2 is 1.71 bits per heavy atom. The first-order valence-corrected chi connectivity index (χ1v) is 9.78. The van der Waals surface area contributed by atoms with Gasteiger partial charge in [0.2, 0.25) is 5.28 Å². The van der Waals surface area contributed by atoms with Crippen molar-refractivity contribution in [2.24, 2.45) is 7.05 Å². The lowest BCUT2D eigenvalue weighted by molar-refractivity contribution is -0.140. The van der Waals surface area contributed by atoms with Gasteiger partial charge in [0.1, 0.15) is 11.5 Å². The first-order valence-electron chi connectivity index (χ1n) is 9.40. The lowest BCUT2D eigenvalue weighted by atomic mass is 10.1. The number of alkyl halides is 3. The first-order chi connectivity index (χ1) is 14.8. The number of nitrogens with zero attached hydrogens (tertiary/aromatic N) is 5. The van der Waals surface area contributed by atoms with Crippen molar-refractivity contribution in [2.45, 2.75) is 12.7 Å². The van der Waals surface area contributed by atoms with Crippen LogP contribution in [0.5, 0.6) is 0 Å². The van der Waals surface area contributed by atoms with Gasteiger partial charge in [0.05, 0.1) is 5.52 Å². The van der Waals surface area contributed by atoms with E-state index in [9.17, 15) is 13.2 Å². The fourth-order valence-corrected chi connectivity index (χ4v) is 3.90. The lowest BCUT2D eigenvalue weighted by Gasteiger charge is -2.08. The quantitative estimate of drug-likeness (QED) is 0.337. The Kier molecular flexibility index (Phi) is 4.48. The molecule has 0 radical (unpaired) electrons. The Morgan fingerprint density at radius 1 is 0.968 bits per heavy atom. The minimum atomic E-state index is -4.48. The van der Waals surface area contributed by atoms with Crippen LogP contribution in [-0.2, 0) is 19.8 Å². The van der Waals surface area contributed by atoms with Crippen LogP contribution in [0.1, 0.15) is 11.3 Å². The molecule has 0 spiro atoms. The number of aryl methyl sites for hydroxylation is 1. The summed E-state index contributed by atoms with van der Waals surface area (Å²) in [6, 6.07) is 15.2. The zero-order valence-electron chi connectivity index (χ0n) is 16.2. The van der Waals surface area contributed by atoms with E-state index in [1.165, 1.54) is 4.57 Å². The number of para-hydroxylation sites is 1. The number of hydrogen-bond acceptors (Lipinski definition) is 3. The number of aromatic nitrogens is 5. The maximum atomic E-state index is 13.0. The molecule has 0 amide bonds. The van der Waals surface area contributed by atoms with E-state index in [2.05, 4.69) is 19.5 Å². The van der Waals surface area contributed by atoms with E-state index < -0.39 is 11.9 Å². The Balaban J connectivity index is 1.53. The van der Waals surface area contributed by atoms with Crippen LogP contribution in [0.4, 0.5) is 13.2 Å². The van der Waals surface area contributed by atoms with Gasteiger partial charge in [0.25, 0.3) is 0 Å². The van der Waals surface area contributed by atoms with E-state index in [0.29, 0.717) is 12.1 Å². The standard InChI is InChI=1S/C22H15ClF3N5/c1-30-12-18(22(24,25)26)28-19(30)14-8-6-13(7-9-14)11-31-17-5-3-2-4-15(17)16-10-27-21(23)29-20(16)31/h2-10,12H,11H2,1H3. The van der Waals surface area contributed by atoms with E-state index in [1.54, 1.807) is 25.4 Å². The highest BCUT2D eigenvalue weighted by Crippen LogP contribution is 2.31. The molecule has 156 valence electrons. The number of benzene rings is 2. The molecule has 0 fully saturated rings. The largest absolute Gasteiger partial charge is 0.434 e. The molecule has 0 saturated heterocycles. The molecule has 0 aliphatic carbocycles. The van der Waals surface area contributed by atoms with E-state index in [-0.39, 0.29) is 11.1 Å². The van der Waals surface area contributed by atoms with Crippen molar-refractivity contribution in [1.29, 1.82) is 0 Å². The second kappa shape index (κ2) is 7.09. The number of fused-ring (bicyclic) bond motifs is 3. The van der Waals surface area contributed by atoms with E-state index >= 15 is 0 Å². The number of imidazole rings is 1. The third kappa shape index (κ3) is 3.42. The summed E-state index contributed by atoms with van der Waals surface area (Å²) in [6.45, 7) is 0.520. The molecule has 3 heterocycles. The van der Waals surface area contributed by atoms with E-state index in [4.69, 9.17) is 11.6 Å². The van der Waals surface area contributed by atoms with Gasteiger partial charge in [-0.25, -0.2) is 9.97 Å². The van der Waals surface area contributed by atoms with Gasteiger partial charge >= 0.3 is 6.18 Å². The molecular formula is C22H15ClF3N5. The summed E-state index contributed by atoms with van der Waals surface area (Å²) in [4.78, 5) is 12.3. The number of hydrogen-bond donors (Lipinski definition) is 0. The molecule has 0 aliphatic heterocycles. The van der Waals surface area contributed by atoms with Crippen LogP contribution in [0.15, 0.2) is 60.9 Å². The second-order valence-corrected chi connectivity index (χ2v) is 7.57. The van der Waals surface area contributed by atoms with Gasteiger partial charge in [-0.2, -0.15) is 18.2 Å². The first kappa shape index (κ1) is 19.6. The molecule has 5 nitrogen and oxygen atoms in total. The Hall–Kier alpha value is -3.39.